The van der Waals surface area contributed by atoms with Crippen molar-refractivity contribution in [2.75, 3.05) is 7.05 Å². The number of halogens is 1. The Labute approximate surface area is 59.1 Å². The normalized spacial score (nSPS) is 13.7. The van der Waals surface area contributed by atoms with Gasteiger partial charge in [-0.1, -0.05) is 0 Å². The molecule has 5 heteroatoms. The molecule has 0 atom stereocenters. The van der Waals surface area contributed by atoms with Gasteiger partial charge in [-0.25, -0.2) is 0 Å². The Kier molecular flexibility index (Phi) is 3.91. The lowest BCUT2D eigenvalue weighted by Crippen LogP contribution is -2.13. The summed E-state index contributed by atoms with van der Waals surface area (Å²) in [5.74, 6) is -0.717. The summed E-state index contributed by atoms with van der Waals surface area (Å²) in [6.07, 6.45) is 0.963. The minimum Gasteiger partial charge on any atom is -0.423 e. The molecule has 0 unspecified atom stereocenters. The highest BCUT2D eigenvalue weighted by Crippen LogP contribution is 1.95. The number of hydrogen-bond donors (Lipinski definition) is 2. The molecule has 0 heterocycles. The Hall–Kier alpha value is -0.675. The van der Waals surface area contributed by atoms with Crippen LogP contribution < -0.4 is 0 Å². The van der Waals surface area contributed by atoms with E-state index in [4.69, 9.17) is 10.0 Å². The van der Waals surface area contributed by atoms with Crippen LogP contribution in [-0.2, 0) is 0 Å². The lowest BCUT2D eigenvalue weighted by atomic mass is 9.80. The summed E-state index contributed by atoms with van der Waals surface area (Å²) in [6.45, 7) is 1.40. The van der Waals surface area contributed by atoms with Crippen molar-refractivity contribution >= 4 is 13.1 Å². The molecule has 0 aromatic heterocycles. The van der Waals surface area contributed by atoms with Crippen molar-refractivity contribution in [1.82, 2.24) is 0 Å². The van der Waals surface area contributed by atoms with Gasteiger partial charge in [0.2, 0.25) is 5.97 Å². The highest BCUT2D eigenvalue weighted by Gasteiger charge is 2.09. The molecule has 0 bridgehead atoms. The Morgan fingerprint density at radius 2 is 2.10 bits per heavy atom. The zero-order valence-corrected chi connectivity index (χ0v) is 5.87. The minimum absolute atomic E-state index is 0.128. The van der Waals surface area contributed by atoms with Gasteiger partial charge in [-0.3, -0.25) is 4.99 Å². The summed E-state index contributed by atoms with van der Waals surface area (Å²) >= 11 is 0. The molecule has 0 radical (unpaired) electrons. The maximum absolute atomic E-state index is 12.2. The van der Waals surface area contributed by atoms with Crippen LogP contribution >= 0.6 is 0 Å². The maximum atomic E-state index is 12.2. The SMILES string of the molecule is C/N=C(F)\C=C(/C)B(O)O. The largest absolute Gasteiger partial charge is 0.484 e. The third-order valence-corrected chi connectivity index (χ3v) is 0.968. The maximum Gasteiger partial charge on any atom is 0.484 e. The molecular formula is C5H9BFNO2. The van der Waals surface area contributed by atoms with Gasteiger partial charge >= 0.3 is 7.12 Å². The van der Waals surface area contributed by atoms with E-state index in [9.17, 15) is 4.39 Å². The molecule has 0 amide bonds. The number of allylic oxidation sites excluding steroid dienone is 2. The van der Waals surface area contributed by atoms with Gasteiger partial charge in [0.15, 0.2) is 0 Å². The number of aliphatic imine (C=N–C) groups is 1. The van der Waals surface area contributed by atoms with Gasteiger partial charge < -0.3 is 10.0 Å². The predicted molar refractivity (Wildman–Crippen MR) is 38.4 cm³/mol. The monoisotopic (exact) mass is 145 g/mol. The highest BCUT2D eigenvalue weighted by molar-refractivity contribution is 6.51. The number of nitrogens with zero attached hydrogens (tertiary/aromatic N) is 1. The first kappa shape index (κ1) is 9.32. The molecule has 0 fully saturated rings. The smallest absolute Gasteiger partial charge is 0.423 e. The molecule has 0 saturated heterocycles. The van der Waals surface area contributed by atoms with E-state index in [1.54, 1.807) is 0 Å². The Balaban J connectivity index is 4.17. The zero-order chi connectivity index (χ0) is 8.15. The van der Waals surface area contributed by atoms with Crippen molar-refractivity contribution in [2.45, 2.75) is 6.92 Å². The summed E-state index contributed by atoms with van der Waals surface area (Å²) in [5.41, 5.74) is 0.128. The topological polar surface area (TPSA) is 52.8 Å². The van der Waals surface area contributed by atoms with E-state index in [1.165, 1.54) is 14.0 Å². The van der Waals surface area contributed by atoms with Crippen LogP contribution in [0.5, 0.6) is 0 Å². The fraction of sp³-hybridized carbons (Fsp3) is 0.400. The first-order valence-corrected chi connectivity index (χ1v) is 2.74. The summed E-state index contributed by atoms with van der Waals surface area (Å²) in [4.78, 5) is 3.16. The molecule has 0 aromatic carbocycles. The quantitative estimate of drug-likeness (QED) is 0.422. The molecule has 0 aliphatic carbocycles. The number of rotatable bonds is 2. The molecule has 0 spiro atoms. The molecule has 10 heavy (non-hydrogen) atoms. The van der Waals surface area contributed by atoms with Gasteiger partial charge in [-0.05, 0) is 18.5 Å². The van der Waals surface area contributed by atoms with Gasteiger partial charge in [0.05, 0.1) is 0 Å². The lowest BCUT2D eigenvalue weighted by molar-refractivity contribution is 0.419. The molecule has 56 valence electrons. The van der Waals surface area contributed by atoms with E-state index in [1.807, 2.05) is 0 Å². The molecule has 0 aliphatic rings. The minimum atomic E-state index is -1.60. The summed E-state index contributed by atoms with van der Waals surface area (Å²) in [5, 5.41) is 16.9. The summed E-state index contributed by atoms with van der Waals surface area (Å²) in [6, 6.07) is 0. The van der Waals surface area contributed by atoms with Crippen molar-refractivity contribution < 1.29 is 14.4 Å². The van der Waals surface area contributed by atoms with Crippen LogP contribution in [0.2, 0.25) is 0 Å². The summed E-state index contributed by atoms with van der Waals surface area (Å²) < 4.78 is 12.2. The Morgan fingerprint density at radius 3 is 2.40 bits per heavy atom. The zero-order valence-electron chi connectivity index (χ0n) is 5.87. The average molecular weight is 145 g/mol. The van der Waals surface area contributed by atoms with E-state index in [-0.39, 0.29) is 5.47 Å². The van der Waals surface area contributed by atoms with Gasteiger partial charge in [-0.15, -0.1) is 0 Å². The van der Waals surface area contributed by atoms with E-state index < -0.39 is 13.1 Å². The molecule has 0 rings (SSSR count). The molecule has 0 saturated carbocycles. The van der Waals surface area contributed by atoms with E-state index >= 15 is 0 Å². The molecule has 0 aromatic rings. The third-order valence-electron chi connectivity index (χ3n) is 0.968. The fourth-order valence-corrected chi connectivity index (χ4v) is 0.327. The second-order valence-corrected chi connectivity index (χ2v) is 1.81. The lowest BCUT2D eigenvalue weighted by Gasteiger charge is -1.94. The van der Waals surface area contributed by atoms with Crippen LogP contribution in [0.3, 0.4) is 0 Å². The first-order chi connectivity index (χ1) is 4.57. The van der Waals surface area contributed by atoms with Gasteiger partial charge in [-0.2, -0.15) is 4.39 Å². The Morgan fingerprint density at radius 1 is 1.60 bits per heavy atom. The van der Waals surface area contributed by atoms with Crippen molar-refractivity contribution in [1.29, 1.82) is 0 Å². The third kappa shape index (κ3) is 3.37. The molecule has 0 aliphatic heterocycles. The van der Waals surface area contributed by atoms with Crippen LogP contribution in [-0.4, -0.2) is 30.2 Å². The molecular weight excluding hydrogens is 136 g/mol. The van der Waals surface area contributed by atoms with Crippen molar-refractivity contribution in [3.05, 3.63) is 11.5 Å². The van der Waals surface area contributed by atoms with Crippen molar-refractivity contribution in [3.63, 3.8) is 0 Å². The van der Waals surface area contributed by atoms with Gasteiger partial charge in [0.1, 0.15) is 0 Å². The molecule has 2 N–H and O–H groups in total. The van der Waals surface area contributed by atoms with E-state index in [2.05, 4.69) is 4.99 Å². The van der Waals surface area contributed by atoms with Crippen LogP contribution in [0.15, 0.2) is 16.5 Å². The fourth-order valence-electron chi connectivity index (χ4n) is 0.327. The van der Waals surface area contributed by atoms with Crippen LogP contribution in [0.4, 0.5) is 4.39 Å². The summed E-state index contributed by atoms with van der Waals surface area (Å²) in [7, 11) is -0.324. The van der Waals surface area contributed by atoms with Crippen LogP contribution in [0.25, 0.3) is 0 Å². The number of hydrogen-bond acceptors (Lipinski definition) is 3. The van der Waals surface area contributed by atoms with Gasteiger partial charge in [0.25, 0.3) is 0 Å². The second-order valence-electron chi connectivity index (χ2n) is 1.81. The standard InChI is InChI=1S/C5H9BFNO2/c1-4(6(9)10)3-5(7)8-2/h3,9-10H,1-2H3/b4-3+,8-5+. The van der Waals surface area contributed by atoms with Gasteiger partial charge in [0, 0.05) is 7.05 Å². The highest BCUT2D eigenvalue weighted by atomic mass is 19.1. The Bertz CT molecular complexity index is 167. The average Bonchev–Trinajstić information content (AvgIpc) is 1.87. The molecule has 3 nitrogen and oxygen atoms in total. The van der Waals surface area contributed by atoms with Crippen LogP contribution in [0.1, 0.15) is 6.92 Å². The van der Waals surface area contributed by atoms with E-state index in [0.29, 0.717) is 0 Å². The van der Waals surface area contributed by atoms with Crippen LogP contribution in [0, 0.1) is 0 Å². The van der Waals surface area contributed by atoms with E-state index in [0.717, 1.165) is 6.08 Å². The predicted octanol–water partition coefficient (Wildman–Crippen LogP) is -0.0575. The first-order valence-electron chi connectivity index (χ1n) is 2.74. The van der Waals surface area contributed by atoms with Crippen molar-refractivity contribution in [3.8, 4) is 0 Å². The second kappa shape index (κ2) is 4.19. The van der Waals surface area contributed by atoms with Crippen molar-refractivity contribution in [2.24, 2.45) is 4.99 Å².